The lowest BCUT2D eigenvalue weighted by molar-refractivity contribution is 0.0689. The monoisotopic (exact) mass is 275 g/mol. The van der Waals surface area contributed by atoms with Crippen LogP contribution in [0.3, 0.4) is 0 Å². The van der Waals surface area contributed by atoms with Crippen molar-refractivity contribution in [2.75, 3.05) is 20.1 Å². The van der Waals surface area contributed by atoms with Gasteiger partial charge in [-0.15, -0.1) is 0 Å². The van der Waals surface area contributed by atoms with Crippen LogP contribution in [0.2, 0.25) is 0 Å². The van der Waals surface area contributed by atoms with Crippen molar-refractivity contribution in [3.63, 3.8) is 0 Å². The van der Waals surface area contributed by atoms with Gasteiger partial charge in [-0.05, 0) is 45.0 Å². The number of pyridine rings is 1. The average molecular weight is 275 g/mol. The molecule has 20 heavy (non-hydrogen) atoms. The predicted octanol–water partition coefficient (Wildman–Crippen LogP) is 1.45. The number of carbonyl (C=O) groups is 1. The lowest BCUT2D eigenvalue weighted by Crippen LogP contribution is -2.38. The van der Waals surface area contributed by atoms with E-state index in [9.17, 15) is 4.79 Å². The molecule has 1 N–H and O–H groups in total. The van der Waals surface area contributed by atoms with Gasteiger partial charge < -0.3 is 10.0 Å². The minimum atomic E-state index is -0.953. The van der Waals surface area contributed by atoms with Crippen molar-refractivity contribution < 1.29 is 9.90 Å². The Morgan fingerprint density at radius 1 is 1.35 bits per heavy atom. The maximum atomic E-state index is 11.0. The molecule has 2 fully saturated rings. The average Bonchev–Trinajstić information content (AvgIpc) is 2.70. The van der Waals surface area contributed by atoms with Crippen molar-refractivity contribution in [2.24, 2.45) is 0 Å². The normalized spacial score (nSPS) is 27.4. The minimum Gasteiger partial charge on any atom is -0.477 e. The summed E-state index contributed by atoms with van der Waals surface area (Å²) in [5, 5.41) is 9.03. The fourth-order valence-corrected chi connectivity index (χ4v) is 3.47. The second-order valence-corrected chi connectivity index (χ2v) is 5.93. The molecule has 0 unspecified atom stereocenters. The molecule has 1 aromatic rings. The van der Waals surface area contributed by atoms with Crippen LogP contribution >= 0.6 is 0 Å². The molecule has 0 radical (unpaired) electrons. The van der Waals surface area contributed by atoms with Gasteiger partial charge in [-0.25, -0.2) is 9.78 Å². The van der Waals surface area contributed by atoms with E-state index in [1.165, 1.54) is 19.3 Å². The van der Waals surface area contributed by atoms with Gasteiger partial charge in [-0.1, -0.05) is 6.07 Å². The summed E-state index contributed by atoms with van der Waals surface area (Å²) in [5.41, 5.74) is 1.01. The SMILES string of the molecule is CN1CC[C@H]2CC[C@@H](C1)N2Cc1cccc(C(=O)O)n1. The quantitative estimate of drug-likeness (QED) is 0.905. The first-order chi connectivity index (χ1) is 9.63. The summed E-state index contributed by atoms with van der Waals surface area (Å²) in [5.74, 6) is -0.953. The molecule has 5 nitrogen and oxygen atoms in total. The Labute approximate surface area is 119 Å². The molecule has 3 rings (SSSR count). The molecule has 2 saturated heterocycles. The molecule has 0 saturated carbocycles. The number of rotatable bonds is 3. The summed E-state index contributed by atoms with van der Waals surface area (Å²) < 4.78 is 0. The van der Waals surface area contributed by atoms with Crippen LogP contribution in [0.15, 0.2) is 18.2 Å². The summed E-state index contributed by atoms with van der Waals surface area (Å²) in [4.78, 5) is 20.2. The largest absolute Gasteiger partial charge is 0.477 e. The Balaban J connectivity index is 1.77. The van der Waals surface area contributed by atoms with Crippen molar-refractivity contribution in [1.29, 1.82) is 0 Å². The van der Waals surface area contributed by atoms with Gasteiger partial charge in [-0.3, -0.25) is 4.90 Å². The third-order valence-electron chi connectivity index (χ3n) is 4.51. The highest BCUT2D eigenvalue weighted by atomic mass is 16.4. The van der Waals surface area contributed by atoms with E-state index in [1.54, 1.807) is 12.1 Å². The van der Waals surface area contributed by atoms with Gasteiger partial charge in [0.25, 0.3) is 0 Å². The number of likely N-dealkylation sites (tertiary alicyclic amines) is 1. The highest BCUT2D eigenvalue weighted by molar-refractivity contribution is 5.85. The molecule has 108 valence electrons. The standard InChI is InChI=1S/C15H21N3O2/c1-17-8-7-12-5-6-13(10-17)18(12)9-11-3-2-4-14(16-11)15(19)20/h2-4,12-13H,5-10H2,1H3,(H,19,20)/t12-,13+/m1/s1. The minimum absolute atomic E-state index is 0.141. The van der Waals surface area contributed by atoms with Crippen LogP contribution in [0.4, 0.5) is 0 Å². The summed E-state index contributed by atoms with van der Waals surface area (Å²) in [7, 11) is 2.18. The summed E-state index contributed by atoms with van der Waals surface area (Å²) in [6, 6.07) is 6.48. The number of likely N-dealkylation sites (N-methyl/N-ethyl adjacent to an activating group) is 1. The Morgan fingerprint density at radius 2 is 2.15 bits per heavy atom. The van der Waals surface area contributed by atoms with Crippen LogP contribution in [0.25, 0.3) is 0 Å². The molecule has 2 aliphatic rings. The van der Waals surface area contributed by atoms with E-state index >= 15 is 0 Å². The highest BCUT2D eigenvalue weighted by Crippen LogP contribution is 2.30. The van der Waals surface area contributed by atoms with Crippen molar-refractivity contribution in [1.82, 2.24) is 14.8 Å². The van der Waals surface area contributed by atoms with E-state index in [2.05, 4.69) is 21.8 Å². The fourth-order valence-electron chi connectivity index (χ4n) is 3.47. The van der Waals surface area contributed by atoms with Crippen LogP contribution in [-0.2, 0) is 6.54 Å². The molecule has 2 bridgehead atoms. The summed E-state index contributed by atoms with van der Waals surface area (Å²) >= 11 is 0. The van der Waals surface area contributed by atoms with Crippen LogP contribution in [0.1, 0.15) is 35.4 Å². The zero-order valence-electron chi connectivity index (χ0n) is 11.8. The number of hydrogen-bond donors (Lipinski definition) is 1. The van der Waals surface area contributed by atoms with Crippen molar-refractivity contribution in [3.8, 4) is 0 Å². The third kappa shape index (κ3) is 2.69. The van der Waals surface area contributed by atoms with Gasteiger partial charge in [0.05, 0.1) is 5.69 Å². The Morgan fingerprint density at radius 3 is 2.95 bits per heavy atom. The van der Waals surface area contributed by atoms with E-state index in [4.69, 9.17) is 5.11 Å². The molecular weight excluding hydrogens is 254 g/mol. The maximum absolute atomic E-state index is 11.0. The van der Waals surface area contributed by atoms with Crippen LogP contribution in [-0.4, -0.2) is 58.1 Å². The van der Waals surface area contributed by atoms with E-state index < -0.39 is 5.97 Å². The second-order valence-electron chi connectivity index (χ2n) is 5.93. The topological polar surface area (TPSA) is 56.7 Å². The van der Waals surface area contributed by atoms with Crippen LogP contribution < -0.4 is 0 Å². The zero-order chi connectivity index (χ0) is 14.1. The van der Waals surface area contributed by atoms with Gasteiger partial charge in [0.15, 0.2) is 0 Å². The van der Waals surface area contributed by atoms with Crippen molar-refractivity contribution >= 4 is 5.97 Å². The van der Waals surface area contributed by atoms with Gasteiger partial charge in [-0.2, -0.15) is 0 Å². The molecule has 3 heterocycles. The molecular formula is C15H21N3O2. The highest BCUT2D eigenvalue weighted by Gasteiger charge is 2.36. The van der Waals surface area contributed by atoms with Crippen molar-refractivity contribution in [2.45, 2.75) is 37.9 Å². The summed E-state index contributed by atoms with van der Waals surface area (Å²) in [6.45, 7) is 3.03. The number of fused-ring (bicyclic) bond motifs is 2. The van der Waals surface area contributed by atoms with E-state index in [1.807, 2.05) is 6.07 Å². The number of aromatic nitrogens is 1. The number of hydrogen-bond acceptors (Lipinski definition) is 4. The van der Waals surface area contributed by atoms with Gasteiger partial charge in [0.1, 0.15) is 5.69 Å². The Kier molecular flexibility index (Phi) is 3.72. The zero-order valence-corrected chi connectivity index (χ0v) is 11.8. The van der Waals surface area contributed by atoms with Crippen molar-refractivity contribution in [3.05, 3.63) is 29.6 Å². The number of aromatic carboxylic acids is 1. The Hall–Kier alpha value is -1.46. The van der Waals surface area contributed by atoms with E-state index in [-0.39, 0.29) is 5.69 Å². The molecule has 0 amide bonds. The van der Waals surface area contributed by atoms with E-state index in [0.717, 1.165) is 25.3 Å². The first-order valence-corrected chi connectivity index (χ1v) is 7.27. The molecule has 0 spiro atoms. The van der Waals surface area contributed by atoms with Gasteiger partial charge in [0, 0.05) is 25.2 Å². The molecule has 1 aromatic heterocycles. The van der Waals surface area contributed by atoms with Gasteiger partial charge >= 0.3 is 5.97 Å². The van der Waals surface area contributed by atoms with Crippen LogP contribution in [0, 0.1) is 0 Å². The smallest absolute Gasteiger partial charge is 0.354 e. The number of carboxylic acids is 1. The molecule has 0 aromatic carbocycles. The number of carboxylic acid groups (broad SMARTS) is 1. The molecule has 2 aliphatic heterocycles. The maximum Gasteiger partial charge on any atom is 0.354 e. The predicted molar refractivity (Wildman–Crippen MR) is 75.7 cm³/mol. The fraction of sp³-hybridized carbons (Fsp3) is 0.600. The molecule has 0 aliphatic carbocycles. The molecule has 5 heteroatoms. The first kappa shape index (κ1) is 13.5. The first-order valence-electron chi connectivity index (χ1n) is 7.27. The third-order valence-corrected chi connectivity index (χ3v) is 4.51. The Bertz CT molecular complexity index is 506. The lowest BCUT2D eigenvalue weighted by Gasteiger charge is -2.27. The second kappa shape index (κ2) is 5.50. The van der Waals surface area contributed by atoms with E-state index in [0.29, 0.717) is 12.1 Å². The lowest BCUT2D eigenvalue weighted by atomic mass is 10.1. The van der Waals surface area contributed by atoms with Crippen LogP contribution in [0.5, 0.6) is 0 Å². The molecule has 2 atom stereocenters. The van der Waals surface area contributed by atoms with Gasteiger partial charge in [0.2, 0.25) is 0 Å². The summed E-state index contributed by atoms with van der Waals surface area (Å²) in [6.07, 6.45) is 3.70. The number of nitrogens with zero attached hydrogens (tertiary/aromatic N) is 3.